The van der Waals surface area contributed by atoms with Crippen molar-refractivity contribution in [2.45, 2.75) is 20.0 Å². The largest absolute Gasteiger partial charge is 0.338 e. The summed E-state index contributed by atoms with van der Waals surface area (Å²) >= 11 is 6.02. The van der Waals surface area contributed by atoms with E-state index in [1.807, 2.05) is 24.3 Å². The molecule has 1 aromatic heterocycles. The highest BCUT2D eigenvalue weighted by Crippen LogP contribution is 2.14. The summed E-state index contributed by atoms with van der Waals surface area (Å²) in [6.07, 6.45) is 0. The van der Waals surface area contributed by atoms with Crippen LogP contribution in [-0.2, 0) is 13.1 Å². The normalized spacial score (nSPS) is 10.6. The molecule has 0 saturated heterocycles. The molecule has 1 heterocycles. The highest BCUT2D eigenvalue weighted by Gasteiger charge is 2.02. The van der Waals surface area contributed by atoms with Gasteiger partial charge in [-0.3, -0.25) is 0 Å². The van der Waals surface area contributed by atoms with Crippen LogP contribution >= 0.6 is 11.6 Å². The van der Waals surface area contributed by atoms with Crippen LogP contribution in [0.4, 0.5) is 0 Å². The average Bonchev–Trinajstić information content (AvgIpc) is 2.67. The summed E-state index contributed by atoms with van der Waals surface area (Å²) in [5, 5.41) is 7.66. The maximum absolute atomic E-state index is 6.02. The van der Waals surface area contributed by atoms with E-state index >= 15 is 0 Å². The fourth-order valence-electron chi connectivity index (χ4n) is 1.36. The van der Waals surface area contributed by atoms with Gasteiger partial charge in [0.15, 0.2) is 5.82 Å². The smallest absolute Gasteiger partial charge is 0.240 e. The van der Waals surface area contributed by atoms with Crippen LogP contribution in [0.2, 0.25) is 5.02 Å². The number of hydrogen-bond donors (Lipinski definition) is 1. The van der Waals surface area contributed by atoms with E-state index in [9.17, 15) is 0 Å². The number of rotatable bonds is 4. The van der Waals surface area contributed by atoms with Gasteiger partial charge in [-0.15, -0.1) is 0 Å². The molecule has 0 atom stereocenters. The molecule has 5 heteroatoms. The predicted molar refractivity (Wildman–Crippen MR) is 61.0 cm³/mol. The van der Waals surface area contributed by atoms with Crippen LogP contribution in [0.3, 0.4) is 0 Å². The maximum Gasteiger partial charge on any atom is 0.240 e. The van der Waals surface area contributed by atoms with E-state index in [0.717, 1.165) is 10.6 Å². The monoisotopic (exact) mass is 237 g/mol. The van der Waals surface area contributed by atoms with Crippen molar-refractivity contribution in [2.24, 2.45) is 0 Å². The summed E-state index contributed by atoms with van der Waals surface area (Å²) in [4.78, 5) is 4.09. The molecule has 0 aliphatic rings. The van der Waals surface area contributed by atoms with Crippen molar-refractivity contribution in [2.75, 3.05) is 0 Å². The van der Waals surface area contributed by atoms with E-state index in [1.165, 1.54) is 0 Å². The third-order valence-corrected chi connectivity index (χ3v) is 2.49. The van der Waals surface area contributed by atoms with E-state index in [0.29, 0.717) is 24.8 Å². The molecule has 0 spiro atoms. The van der Waals surface area contributed by atoms with Crippen LogP contribution in [0.25, 0.3) is 0 Å². The number of halogens is 1. The van der Waals surface area contributed by atoms with Gasteiger partial charge in [-0.25, -0.2) is 0 Å². The maximum atomic E-state index is 6.02. The number of benzene rings is 1. The van der Waals surface area contributed by atoms with Gasteiger partial charge < -0.3 is 9.84 Å². The Morgan fingerprint density at radius 1 is 1.31 bits per heavy atom. The fraction of sp³-hybridized carbons (Fsp3) is 0.273. The van der Waals surface area contributed by atoms with E-state index < -0.39 is 0 Å². The molecular weight excluding hydrogens is 226 g/mol. The van der Waals surface area contributed by atoms with Crippen LogP contribution in [0.5, 0.6) is 0 Å². The van der Waals surface area contributed by atoms with Gasteiger partial charge in [0.05, 0.1) is 6.54 Å². The second-order valence-electron chi connectivity index (χ2n) is 3.43. The van der Waals surface area contributed by atoms with E-state index in [1.54, 1.807) is 6.92 Å². The third-order valence-electron chi connectivity index (χ3n) is 2.12. The molecular formula is C11H12ClN3O. The third kappa shape index (κ3) is 2.81. The summed E-state index contributed by atoms with van der Waals surface area (Å²) < 4.78 is 4.98. The molecule has 2 aromatic rings. The van der Waals surface area contributed by atoms with Crippen molar-refractivity contribution in [1.29, 1.82) is 0 Å². The molecule has 4 nitrogen and oxygen atoms in total. The molecule has 0 aliphatic carbocycles. The first kappa shape index (κ1) is 11.1. The molecule has 1 aromatic carbocycles. The molecule has 16 heavy (non-hydrogen) atoms. The van der Waals surface area contributed by atoms with Crippen molar-refractivity contribution < 1.29 is 4.52 Å². The second-order valence-corrected chi connectivity index (χ2v) is 3.84. The van der Waals surface area contributed by atoms with Crippen LogP contribution in [-0.4, -0.2) is 10.1 Å². The van der Waals surface area contributed by atoms with Gasteiger partial charge in [-0.05, 0) is 18.6 Å². The zero-order valence-corrected chi connectivity index (χ0v) is 9.66. The lowest BCUT2D eigenvalue weighted by molar-refractivity contribution is 0.364. The Balaban J connectivity index is 1.87. The Labute approximate surface area is 98.6 Å². The summed E-state index contributed by atoms with van der Waals surface area (Å²) in [7, 11) is 0. The molecule has 2 rings (SSSR count). The van der Waals surface area contributed by atoms with Crippen molar-refractivity contribution in [3.05, 3.63) is 46.6 Å². The van der Waals surface area contributed by atoms with Crippen LogP contribution in [0, 0.1) is 6.92 Å². The van der Waals surface area contributed by atoms with Gasteiger partial charge in [-0.1, -0.05) is 35.0 Å². The fourth-order valence-corrected chi connectivity index (χ4v) is 1.56. The Kier molecular flexibility index (Phi) is 3.54. The molecule has 0 aliphatic heterocycles. The molecule has 84 valence electrons. The molecule has 0 amide bonds. The van der Waals surface area contributed by atoms with Gasteiger partial charge in [0, 0.05) is 11.6 Å². The van der Waals surface area contributed by atoms with Gasteiger partial charge in [0.2, 0.25) is 5.89 Å². The zero-order chi connectivity index (χ0) is 11.4. The minimum atomic E-state index is 0.548. The van der Waals surface area contributed by atoms with Crippen LogP contribution < -0.4 is 5.32 Å². The standard InChI is InChI=1S/C11H12ClN3O/c1-8-14-11(16-15-8)7-13-6-9-4-2-3-5-10(9)12/h2-5,13H,6-7H2,1H3. The molecule has 0 fully saturated rings. The summed E-state index contributed by atoms with van der Waals surface area (Å²) in [5.41, 5.74) is 1.06. The Morgan fingerprint density at radius 3 is 2.81 bits per heavy atom. The van der Waals surface area contributed by atoms with E-state index in [4.69, 9.17) is 16.1 Å². The minimum Gasteiger partial charge on any atom is -0.338 e. The number of nitrogens with one attached hydrogen (secondary N) is 1. The zero-order valence-electron chi connectivity index (χ0n) is 8.90. The second kappa shape index (κ2) is 5.09. The van der Waals surface area contributed by atoms with Gasteiger partial charge in [-0.2, -0.15) is 4.98 Å². The van der Waals surface area contributed by atoms with Crippen molar-refractivity contribution in [1.82, 2.24) is 15.5 Å². The molecule has 1 N–H and O–H groups in total. The first-order valence-corrected chi connectivity index (χ1v) is 5.37. The average molecular weight is 238 g/mol. The molecule has 0 unspecified atom stereocenters. The topological polar surface area (TPSA) is 51.0 Å². The highest BCUT2D eigenvalue weighted by atomic mass is 35.5. The van der Waals surface area contributed by atoms with Gasteiger partial charge in [0.1, 0.15) is 0 Å². The van der Waals surface area contributed by atoms with E-state index in [-0.39, 0.29) is 0 Å². The van der Waals surface area contributed by atoms with Crippen molar-refractivity contribution >= 4 is 11.6 Å². The first-order chi connectivity index (χ1) is 7.75. The quantitative estimate of drug-likeness (QED) is 0.887. The SMILES string of the molecule is Cc1noc(CNCc2ccccc2Cl)n1. The number of aryl methyl sites for hydroxylation is 1. The lowest BCUT2D eigenvalue weighted by atomic mass is 10.2. The molecule has 0 radical (unpaired) electrons. The summed E-state index contributed by atoms with van der Waals surface area (Å²) in [6.45, 7) is 3.02. The number of hydrogen-bond acceptors (Lipinski definition) is 4. The van der Waals surface area contributed by atoms with Crippen LogP contribution in [0.1, 0.15) is 17.3 Å². The van der Waals surface area contributed by atoms with Crippen molar-refractivity contribution in [3.63, 3.8) is 0 Å². The predicted octanol–water partition coefficient (Wildman–Crippen LogP) is 2.32. The minimum absolute atomic E-state index is 0.548. The molecule has 0 saturated carbocycles. The Morgan fingerprint density at radius 2 is 2.12 bits per heavy atom. The van der Waals surface area contributed by atoms with Crippen molar-refractivity contribution in [3.8, 4) is 0 Å². The molecule has 0 bridgehead atoms. The highest BCUT2D eigenvalue weighted by molar-refractivity contribution is 6.31. The van der Waals surface area contributed by atoms with Crippen LogP contribution in [0.15, 0.2) is 28.8 Å². The van der Waals surface area contributed by atoms with Gasteiger partial charge in [0.25, 0.3) is 0 Å². The number of aromatic nitrogens is 2. The lowest BCUT2D eigenvalue weighted by Gasteiger charge is -2.03. The van der Waals surface area contributed by atoms with Gasteiger partial charge >= 0.3 is 0 Å². The Bertz CT molecular complexity index is 470. The summed E-state index contributed by atoms with van der Waals surface area (Å²) in [5.74, 6) is 1.24. The number of nitrogens with zero attached hydrogens (tertiary/aromatic N) is 2. The Hall–Kier alpha value is -1.39. The van der Waals surface area contributed by atoms with E-state index in [2.05, 4.69) is 15.5 Å². The first-order valence-electron chi connectivity index (χ1n) is 4.99. The lowest BCUT2D eigenvalue weighted by Crippen LogP contribution is -2.13. The summed E-state index contributed by atoms with van der Waals surface area (Å²) in [6, 6.07) is 7.72.